The van der Waals surface area contributed by atoms with Gasteiger partial charge in [-0.1, -0.05) is 6.07 Å². The number of phenolic OH excluding ortho intramolecular Hbond substituents is 1. The molecule has 2 rings (SSSR count). The molecule has 1 aromatic heterocycles. The van der Waals surface area contributed by atoms with Crippen LogP contribution in [0.25, 0.3) is 11.0 Å². The third-order valence-electron chi connectivity index (χ3n) is 2.12. The van der Waals surface area contributed by atoms with Crippen LogP contribution in [0.2, 0.25) is 0 Å². The molecule has 0 saturated heterocycles. The van der Waals surface area contributed by atoms with Crippen LogP contribution in [0.5, 0.6) is 11.8 Å². The van der Waals surface area contributed by atoms with Gasteiger partial charge in [0.05, 0.1) is 12.1 Å². The van der Waals surface area contributed by atoms with Crippen LogP contribution in [0, 0.1) is 0 Å². The molecule has 0 amide bonds. The van der Waals surface area contributed by atoms with Crippen molar-refractivity contribution in [3.05, 3.63) is 18.2 Å². The molecule has 2 aromatic rings. The van der Waals surface area contributed by atoms with Gasteiger partial charge in [0.25, 0.3) is 6.01 Å². The van der Waals surface area contributed by atoms with Crippen molar-refractivity contribution < 1.29 is 9.84 Å². The highest BCUT2D eigenvalue weighted by Crippen LogP contribution is 2.26. The van der Waals surface area contributed by atoms with Gasteiger partial charge in [0.15, 0.2) is 0 Å². The van der Waals surface area contributed by atoms with Crippen molar-refractivity contribution in [1.29, 1.82) is 0 Å². The summed E-state index contributed by atoms with van der Waals surface area (Å²) < 4.78 is 7.14. The first kappa shape index (κ1) is 8.87. The smallest absolute Gasteiger partial charge is 0.297 e. The number of aromatic hydroxyl groups is 1. The predicted molar refractivity (Wildman–Crippen MR) is 53.5 cm³/mol. The summed E-state index contributed by atoms with van der Waals surface area (Å²) in [6.45, 7) is 2.47. The second-order valence-corrected chi connectivity index (χ2v) is 3.03. The van der Waals surface area contributed by atoms with E-state index in [4.69, 9.17) is 4.74 Å². The van der Waals surface area contributed by atoms with Crippen LogP contribution in [-0.4, -0.2) is 21.3 Å². The Kier molecular flexibility index (Phi) is 2.04. The van der Waals surface area contributed by atoms with Crippen LogP contribution in [0.3, 0.4) is 0 Å². The number of hydrogen-bond acceptors (Lipinski definition) is 3. The van der Waals surface area contributed by atoms with E-state index < -0.39 is 0 Å². The van der Waals surface area contributed by atoms with E-state index in [0.29, 0.717) is 18.1 Å². The Labute approximate surface area is 81.8 Å². The van der Waals surface area contributed by atoms with Crippen LogP contribution >= 0.6 is 0 Å². The molecule has 1 aromatic carbocycles. The Hall–Kier alpha value is -1.71. The minimum Gasteiger partial charge on any atom is -0.506 e. The number of aryl methyl sites for hydroxylation is 1. The molecular formula is C10H12N2O2. The quantitative estimate of drug-likeness (QED) is 0.787. The number of ether oxygens (including phenoxy) is 1. The van der Waals surface area contributed by atoms with Crippen molar-refractivity contribution in [2.45, 2.75) is 6.92 Å². The first-order chi connectivity index (χ1) is 6.74. The average Bonchev–Trinajstić information content (AvgIpc) is 2.48. The van der Waals surface area contributed by atoms with Crippen molar-refractivity contribution in [2.75, 3.05) is 6.61 Å². The Morgan fingerprint density at radius 1 is 1.50 bits per heavy atom. The Morgan fingerprint density at radius 3 is 2.93 bits per heavy atom. The van der Waals surface area contributed by atoms with Gasteiger partial charge in [-0.25, -0.2) is 0 Å². The zero-order valence-corrected chi connectivity index (χ0v) is 8.19. The van der Waals surface area contributed by atoms with Gasteiger partial charge in [-0.3, -0.25) is 4.57 Å². The number of para-hydroxylation sites is 1. The second kappa shape index (κ2) is 3.21. The predicted octanol–water partition coefficient (Wildman–Crippen LogP) is 1.68. The summed E-state index contributed by atoms with van der Waals surface area (Å²) in [5, 5.41) is 9.55. The number of nitrogens with zero attached hydrogens (tertiary/aromatic N) is 2. The summed E-state index contributed by atoms with van der Waals surface area (Å²) in [7, 11) is 1.86. The highest BCUT2D eigenvalue weighted by molar-refractivity contribution is 5.82. The largest absolute Gasteiger partial charge is 0.506 e. The van der Waals surface area contributed by atoms with E-state index in [1.807, 2.05) is 24.6 Å². The van der Waals surface area contributed by atoms with E-state index in [1.165, 1.54) is 0 Å². The Morgan fingerprint density at radius 2 is 2.29 bits per heavy atom. The third kappa shape index (κ3) is 1.19. The maximum absolute atomic E-state index is 9.55. The molecule has 0 aliphatic rings. The van der Waals surface area contributed by atoms with Gasteiger partial charge >= 0.3 is 0 Å². The number of benzene rings is 1. The molecule has 0 unspecified atom stereocenters. The molecule has 0 radical (unpaired) electrons. The summed E-state index contributed by atoms with van der Waals surface area (Å²) in [6.07, 6.45) is 0. The zero-order chi connectivity index (χ0) is 10.1. The van der Waals surface area contributed by atoms with Gasteiger partial charge in [0, 0.05) is 7.05 Å². The summed E-state index contributed by atoms with van der Waals surface area (Å²) in [5.41, 5.74) is 1.45. The van der Waals surface area contributed by atoms with E-state index in [9.17, 15) is 5.11 Å². The molecule has 0 saturated carbocycles. The van der Waals surface area contributed by atoms with Crippen molar-refractivity contribution in [2.24, 2.45) is 7.05 Å². The Bertz CT molecular complexity index is 462. The van der Waals surface area contributed by atoms with E-state index in [2.05, 4.69) is 4.98 Å². The first-order valence-corrected chi connectivity index (χ1v) is 4.51. The lowest BCUT2D eigenvalue weighted by atomic mass is 10.3. The number of phenols is 1. The molecule has 0 fully saturated rings. The minimum absolute atomic E-state index is 0.184. The van der Waals surface area contributed by atoms with E-state index in [-0.39, 0.29) is 5.75 Å². The van der Waals surface area contributed by atoms with Crippen molar-refractivity contribution >= 4 is 11.0 Å². The fourth-order valence-corrected chi connectivity index (χ4v) is 1.44. The van der Waals surface area contributed by atoms with Gasteiger partial charge < -0.3 is 9.84 Å². The van der Waals surface area contributed by atoms with E-state index in [1.54, 1.807) is 12.1 Å². The fraction of sp³-hybridized carbons (Fsp3) is 0.300. The minimum atomic E-state index is 0.184. The van der Waals surface area contributed by atoms with E-state index >= 15 is 0 Å². The van der Waals surface area contributed by atoms with Gasteiger partial charge in [-0.15, -0.1) is 0 Å². The highest BCUT2D eigenvalue weighted by atomic mass is 16.5. The van der Waals surface area contributed by atoms with Crippen molar-refractivity contribution in [3.63, 3.8) is 0 Å². The monoisotopic (exact) mass is 192 g/mol. The summed E-state index contributed by atoms with van der Waals surface area (Å²) in [6, 6.07) is 5.83. The number of fused-ring (bicyclic) bond motifs is 1. The molecule has 1 heterocycles. The molecule has 0 spiro atoms. The van der Waals surface area contributed by atoms with Crippen LogP contribution in [0.4, 0.5) is 0 Å². The molecule has 0 aliphatic heterocycles. The average molecular weight is 192 g/mol. The fourth-order valence-electron chi connectivity index (χ4n) is 1.44. The maximum Gasteiger partial charge on any atom is 0.297 e. The van der Waals surface area contributed by atoms with Gasteiger partial charge in [-0.2, -0.15) is 4.98 Å². The summed E-state index contributed by atoms with van der Waals surface area (Å²) in [5.74, 6) is 0.184. The van der Waals surface area contributed by atoms with Gasteiger partial charge in [0.2, 0.25) is 0 Å². The van der Waals surface area contributed by atoms with Gasteiger partial charge in [-0.05, 0) is 19.1 Å². The number of hydrogen-bond donors (Lipinski definition) is 1. The zero-order valence-electron chi connectivity index (χ0n) is 8.19. The van der Waals surface area contributed by atoms with Crippen molar-refractivity contribution in [1.82, 2.24) is 9.55 Å². The van der Waals surface area contributed by atoms with Crippen LogP contribution in [0.15, 0.2) is 18.2 Å². The maximum atomic E-state index is 9.55. The lowest BCUT2D eigenvalue weighted by Gasteiger charge is -2.00. The number of rotatable bonds is 2. The molecule has 0 aliphatic carbocycles. The lowest BCUT2D eigenvalue weighted by molar-refractivity contribution is 0.304. The molecule has 74 valence electrons. The highest BCUT2D eigenvalue weighted by Gasteiger charge is 2.10. The second-order valence-electron chi connectivity index (χ2n) is 3.03. The van der Waals surface area contributed by atoms with Crippen molar-refractivity contribution in [3.8, 4) is 11.8 Å². The first-order valence-electron chi connectivity index (χ1n) is 4.51. The van der Waals surface area contributed by atoms with E-state index in [0.717, 1.165) is 5.52 Å². The van der Waals surface area contributed by atoms with Gasteiger partial charge in [0.1, 0.15) is 11.3 Å². The molecule has 1 N–H and O–H groups in total. The van der Waals surface area contributed by atoms with Crippen LogP contribution < -0.4 is 4.74 Å². The molecule has 4 nitrogen and oxygen atoms in total. The normalized spacial score (nSPS) is 10.7. The third-order valence-corrected chi connectivity index (χ3v) is 2.12. The van der Waals surface area contributed by atoms with Crippen LogP contribution in [-0.2, 0) is 7.05 Å². The lowest BCUT2D eigenvalue weighted by Crippen LogP contribution is -1.98. The Balaban J connectivity index is 2.67. The summed E-state index contributed by atoms with van der Waals surface area (Å²) >= 11 is 0. The molecule has 14 heavy (non-hydrogen) atoms. The molecule has 4 heteroatoms. The SMILES string of the molecule is CCOc1nc2c(O)cccc2n1C. The number of aromatic nitrogens is 2. The molecule has 0 bridgehead atoms. The standard InChI is InChI=1S/C10H12N2O2/c1-3-14-10-11-9-7(12(10)2)5-4-6-8(9)13/h4-6,13H,3H2,1-2H3. The topological polar surface area (TPSA) is 47.3 Å². The molecule has 0 atom stereocenters. The van der Waals surface area contributed by atoms with Crippen LogP contribution in [0.1, 0.15) is 6.92 Å². The summed E-state index contributed by atoms with van der Waals surface area (Å²) in [4.78, 5) is 4.19. The molecular weight excluding hydrogens is 180 g/mol. The number of imidazole rings is 1.